The molecular weight excluding hydrogens is 366 g/mol. The van der Waals surface area contributed by atoms with Crippen LogP contribution < -0.4 is 16.5 Å². The van der Waals surface area contributed by atoms with Gasteiger partial charge in [0.1, 0.15) is 17.8 Å². The molecule has 0 aliphatic heterocycles. The molecular formula is C19H13N3O4S. The van der Waals surface area contributed by atoms with Gasteiger partial charge in [-0.1, -0.05) is 24.3 Å². The summed E-state index contributed by atoms with van der Waals surface area (Å²) in [5, 5.41) is 5.07. The Hall–Kier alpha value is -3.52. The first-order valence-corrected chi connectivity index (χ1v) is 8.91. The summed E-state index contributed by atoms with van der Waals surface area (Å²) in [7, 11) is 0. The van der Waals surface area contributed by atoms with Crippen molar-refractivity contribution in [2.45, 2.75) is 6.54 Å². The molecule has 8 heteroatoms. The van der Waals surface area contributed by atoms with Crippen LogP contribution in [0.4, 0.5) is 5.69 Å². The van der Waals surface area contributed by atoms with Crippen molar-refractivity contribution in [3.05, 3.63) is 81.0 Å². The zero-order chi connectivity index (χ0) is 18.8. The van der Waals surface area contributed by atoms with Gasteiger partial charge in [-0.2, -0.15) is 0 Å². The normalized spacial score (nSPS) is 10.8. The summed E-state index contributed by atoms with van der Waals surface area (Å²) >= 11 is 1.47. The Morgan fingerprint density at radius 1 is 1.15 bits per heavy atom. The first-order chi connectivity index (χ1) is 13.1. The second-order valence-corrected chi connectivity index (χ2v) is 6.70. The highest BCUT2D eigenvalue weighted by Gasteiger charge is 2.11. The highest BCUT2D eigenvalue weighted by atomic mass is 32.1. The van der Waals surface area contributed by atoms with Crippen molar-refractivity contribution < 1.29 is 9.21 Å². The van der Waals surface area contributed by atoms with Crippen molar-refractivity contribution in [2.24, 2.45) is 0 Å². The van der Waals surface area contributed by atoms with Crippen molar-refractivity contribution in [1.82, 2.24) is 9.55 Å². The standard InChI is InChI=1S/C19H13N3O4S/c23-17(21-14-8-12-4-1-2-5-15(12)26-19(14)25)10-22-11-20-13(9-18(22)24)16-6-3-7-27-16/h1-9,11H,10H2,(H,21,23). The number of nitrogens with one attached hydrogen (secondary N) is 1. The smallest absolute Gasteiger partial charge is 0.360 e. The Bertz CT molecular complexity index is 1240. The van der Waals surface area contributed by atoms with Crippen molar-refractivity contribution in [1.29, 1.82) is 0 Å². The Balaban J connectivity index is 1.54. The molecule has 0 aliphatic rings. The van der Waals surface area contributed by atoms with E-state index in [0.717, 1.165) is 4.88 Å². The van der Waals surface area contributed by atoms with Crippen LogP contribution in [-0.2, 0) is 11.3 Å². The van der Waals surface area contributed by atoms with Gasteiger partial charge in [0.25, 0.3) is 5.56 Å². The number of fused-ring (bicyclic) bond motifs is 1. The molecule has 3 aromatic heterocycles. The van der Waals surface area contributed by atoms with Gasteiger partial charge >= 0.3 is 5.63 Å². The number of carbonyl (C=O) groups excluding carboxylic acids is 1. The number of carbonyl (C=O) groups is 1. The number of nitrogens with zero attached hydrogens (tertiary/aromatic N) is 2. The SMILES string of the molecule is O=C(Cn1cnc(-c2cccs2)cc1=O)Nc1cc2ccccc2oc1=O. The zero-order valence-electron chi connectivity index (χ0n) is 13.9. The molecule has 1 amide bonds. The predicted molar refractivity (Wildman–Crippen MR) is 103 cm³/mol. The number of benzene rings is 1. The second-order valence-electron chi connectivity index (χ2n) is 5.75. The van der Waals surface area contributed by atoms with Crippen molar-refractivity contribution in [3.63, 3.8) is 0 Å². The lowest BCUT2D eigenvalue weighted by atomic mass is 10.2. The fourth-order valence-electron chi connectivity index (χ4n) is 2.60. The van der Waals surface area contributed by atoms with E-state index in [1.54, 1.807) is 30.3 Å². The minimum atomic E-state index is -0.652. The number of para-hydroxylation sites is 1. The predicted octanol–water partition coefficient (Wildman–Crippen LogP) is 2.72. The van der Waals surface area contributed by atoms with E-state index in [0.29, 0.717) is 16.7 Å². The molecule has 0 aliphatic carbocycles. The van der Waals surface area contributed by atoms with E-state index in [-0.39, 0.29) is 17.8 Å². The van der Waals surface area contributed by atoms with E-state index >= 15 is 0 Å². The minimum absolute atomic E-state index is 0.0231. The summed E-state index contributed by atoms with van der Waals surface area (Å²) in [6, 6.07) is 13.6. The number of amides is 1. The summed E-state index contributed by atoms with van der Waals surface area (Å²) in [5.41, 5.74) is 0.0106. The van der Waals surface area contributed by atoms with Gasteiger partial charge < -0.3 is 9.73 Å². The fraction of sp³-hybridized carbons (Fsp3) is 0.0526. The monoisotopic (exact) mass is 379 g/mol. The molecule has 1 aromatic carbocycles. The van der Waals surface area contributed by atoms with Gasteiger partial charge in [-0.25, -0.2) is 9.78 Å². The molecule has 3 heterocycles. The maximum atomic E-state index is 12.3. The summed E-state index contributed by atoms with van der Waals surface area (Å²) in [5.74, 6) is -0.523. The number of anilines is 1. The molecule has 0 saturated heterocycles. The fourth-order valence-corrected chi connectivity index (χ4v) is 3.29. The van der Waals surface area contributed by atoms with E-state index in [1.165, 1.54) is 28.3 Å². The van der Waals surface area contributed by atoms with E-state index < -0.39 is 11.5 Å². The molecule has 4 rings (SSSR count). The minimum Gasteiger partial charge on any atom is -0.421 e. The molecule has 7 nitrogen and oxygen atoms in total. The molecule has 0 fully saturated rings. The van der Waals surface area contributed by atoms with Crippen LogP contribution in [0.2, 0.25) is 0 Å². The van der Waals surface area contributed by atoms with Crippen molar-refractivity contribution in [2.75, 3.05) is 5.32 Å². The van der Waals surface area contributed by atoms with Crippen LogP contribution in [0.3, 0.4) is 0 Å². The number of hydrogen-bond acceptors (Lipinski definition) is 6. The Labute approximate surface area is 156 Å². The summed E-state index contributed by atoms with van der Waals surface area (Å²) in [4.78, 5) is 41.6. The average molecular weight is 379 g/mol. The third kappa shape index (κ3) is 3.56. The van der Waals surface area contributed by atoms with E-state index in [4.69, 9.17) is 4.42 Å². The highest BCUT2D eigenvalue weighted by Crippen LogP contribution is 2.20. The maximum Gasteiger partial charge on any atom is 0.360 e. The largest absolute Gasteiger partial charge is 0.421 e. The van der Waals surface area contributed by atoms with Crippen LogP contribution in [0.25, 0.3) is 21.5 Å². The van der Waals surface area contributed by atoms with Crippen LogP contribution in [0.1, 0.15) is 0 Å². The number of aromatic nitrogens is 2. The van der Waals surface area contributed by atoms with Gasteiger partial charge in [-0.05, 0) is 23.6 Å². The molecule has 134 valence electrons. The lowest BCUT2D eigenvalue weighted by molar-refractivity contribution is -0.116. The van der Waals surface area contributed by atoms with E-state index in [9.17, 15) is 14.4 Å². The van der Waals surface area contributed by atoms with Crippen LogP contribution >= 0.6 is 11.3 Å². The quantitative estimate of drug-likeness (QED) is 0.550. The topological polar surface area (TPSA) is 94.2 Å². The van der Waals surface area contributed by atoms with Crippen LogP contribution in [0.15, 0.2) is 74.2 Å². The molecule has 0 saturated carbocycles. The highest BCUT2D eigenvalue weighted by molar-refractivity contribution is 7.13. The lowest BCUT2D eigenvalue weighted by Gasteiger charge is -2.07. The molecule has 0 bridgehead atoms. The lowest BCUT2D eigenvalue weighted by Crippen LogP contribution is -2.28. The molecule has 0 spiro atoms. The number of hydrogen-bond donors (Lipinski definition) is 1. The van der Waals surface area contributed by atoms with Gasteiger partial charge in [0, 0.05) is 11.5 Å². The Kier molecular flexibility index (Phi) is 4.39. The molecule has 0 radical (unpaired) electrons. The first kappa shape index (κ1) is 16.9. The van der Waals surface area contributed by atoms with Gasteiger partial charge in [0.2, 0.25) is 5.91 Å². The van der Waals surface area contributed by atoms with Gasteiger partial charge in [0.15, 0.2) is 0 Å². The second kappa shape index (κ2) is 7.00. The van der Waals surface area contributed by atoms with Crippen LogP contribution in [-0.4, -0.2) is 15.5 Å². The third-order valence-corrected chi connectivity index (χ3v) is 4.77. The van der Waals surface area contributed by atoms with Gasteiger partial charge in [0.05, 0.1) is 16.9 Å². The van der Waals surface area contributed by atoms with E-state index in [2.05, 4.69) is 10.3 Å². The van der Waals surface area contributed by atoms with E-state index in [1.807, 2.05) is 17.5 Å². The summed E-state index contributed by atoms with van der Waals surface area (Å²) in [6.45, 7) is -0.261. The van der Waals surface area contributed by atoms with Crippen molar-refractivity contribution >= 4 is 33.9 Å². The molecule has 1 N–H and O–H groups in total. The third-order valence-electron chi connectivity index (χ3n) is 3.88. The zero-order valence-corrected chi connectivity index (χ0v) is 14.7. The summed E-state index contributed by atoms with van der Waals surface area (Å²) in [6.07, 6.45) is 1.32. The molecule has 0 atom stereocenters. The van der Waals surface area contributed by atoms with Crippen LogP contribution in [0.5, 0.6) is 0 Å². The Morgan fingerprint density at radius 2 is 2.00 bits per heavy atom. The molecule has 0 unspecified atom stereocenters. The number of thiophene rings is 1. The first-order valence-electron chi connectivity index (χ1n) is 8.03. The maximum absolute atomic E-state index is 12.3. The van der Waals surface area contributed by atoms with Crippen LogP contribution in [0, 0.1) is 0 Å². The van der Waals surface area contributed by atoms with Crippen molar-refractivity contribution in [3.8, 4) is 10.6 Å². The molecule has 27 heavy (non-hydrogen) atoms. The average Bonchev–Trinajstić information content (AvgIpc) is 3.19. The van der Waals surface area contributed by atoms with Gasteiger partial charge in [-0.3, -0.25) is 14.2 Å². The summed E-state index contributed by atoms with van der Waals surface area (Å²) < 4.78 is 6.35. The Morgan fingerprint density at radius 3 is 2.78 bits per heavy atom. The molecule has 4 aromatic rings. The number of rotatable bonds is 4. The van der Waals surface area contributed by atoms with Gasteiger partial charge in [-0.15, -0.1) is 11.3 Å².